The summed E-state index contributed by atoms with van der Waals surface area (Å²) in [6.07, 6.45) is 1.88. The number of para-hydroxylation sites is 3. The molecule has 0 N–H and O–H groups in total. The van der Waals surface area contributed by atoms with E-state index in [9.17, 15) is 10.1 Å². The van der Waals surface area contributed by atoms with Crippen LogP contribution in [0.25, 0.3) is 22.4 Å². The minimum absolute atomic E-state index is 0.0711. The molecule has 8 heteroatoms. The summed E-state index contributed by atoms with van der Waals surface area (Å²) in [5, 5.41) is 19.4. The number of benzene rings is 4. The van der Waals surface area contributed by atoms with Gasteiger partial charge in [-0.15, -0.1) is 11.3 Å². The van der Waals surface area contributed by atoms with Gasteiger partial charge in [0.2, 0.25) is 4.80 Å². The molecule has 0 amide bonds. The van der Waals surface area contributed by atoms with Crippen LogP contribution in [0.4, 0.5) is 11.4 Å². The molecule has 4 aromatic carbocycles. The first-order valence-electron chi connectivity index (χ1n) is 12.3. The van der Waals surface area contributed by atoms with Crippen molar-refractivity contribution in [2.45, 2.75) is 5.92 Å². The molecule has 190 valence electrons. The van der Waals surface area contributed by atoms with E-state index in [0.29, 0.717) is 16.3 Å². The van der Waals surface area contributed by atoms with Crippen molar-refractivity contribution in [1.29, 1.82) is 0 Å². The SMILES string of the molecule is O=[N+]([O-])c1ccccc1N=c1scc(-c2cc3ccccc3o2)n1N=CC(c1ccccc1)c1ccccc1. The summed E-state index contributed by atoms with van der Waals surface area (Å²) < 4.78 is 7.85. The van der Waals surface area contributed by atoms with Crippen LogP contribution in [0, 0.1) is 10.1 Å². The highest BCUT2D eigenvalue weighted by molar-refractivity contribution is 7.07. The number of rotatable bonds is 7. The number of hydrogen-bond acceptors (Lipinski definition) is 6. The second kappa shape index (κ2) is 10.7. The van der Waals surface area contributed by atoms with E-state index in [2.05, 4.69) is 29.3 Å². The average Bonchev–Trinajstić information content (AvgIpc) is 3.58. The van der Waals surface area contributed by atoms with Crippen molar-refractivity contribution in [2.75, 3.05) is 0 Å². The predicted molar refractivity (Wildman–Crippen MR) is 154 cm³/mol. The Morgan fingerprint density at radius 3 is 2.18 bits per heavy atom. The maximum Gasteiger partial charge on any atom is 0.294 e. The van der Waals surface area contributed by atoms with Crippen molar-refractivity contribution in [3.63, 3.8) is 0 Å². The standard InChI is InChI=1S/C31H22N4O3S/c36-35(37)27-17-9-8-16-26(27)33-31-34(28(21-39-31)30-19-24-15-7-10-18-29(24)38-30)32-20-25(22-11-3-1-4-12-22)23-13-5-2-6-14-23/h1-21,25H. The maximum absolute atomic E-state index is 11.6. The highest BCUT2D eigenvalue weighted by Gasteiger charge is 2.17. The fourth-order valence-corrected chi connectivity index (χ4v) is 5.23. The van der Waals surface area contributed by atoms with Crippen LogP contribution in [-0.2, 0) is 0 Å². The van der Waals surface area contributed by atoms with Crippen molar-refractivity contribution in [1.82, 2.24) is 4.68 Å². The van der Waals surface area contributed by atoms with Gasteiger partial charge < -0.3 is 4.42 Å². The van der Waals surface area contributed by atoms with Crippen molar-refractivity contribution < 1.29 is 9.34 Å². The van der Waals surface area contributed by atoms with Crippen LogP contribution >= 0.6 is 11.3 Å². The highest BCUT2D eigenvalue weighted by atomic mass is 32.1. The van der Waals surface area contributed by atoms with Gasteiger partial charge >= 0.3 is 0 Å². The molecular formula is C31H22N4O3S. The van der Waals surface area contributed by atoms with Gasteiger partial charge in [0.05, 0.1) is 4.92 Å². The van der Waals surface area contributed by atoms with Crippen LogP contribution in [0.15, 0.2) is 135 Å². The van der Waals surface area contributed by atoms with Crippen molar-refractivity contribution in [3.05, 3.63) is 147 Å². The van der Waals surface area contributed by atoms with E-state index >= 15 is 0 Å². The molecule has 0 aliphatic rings. The first-order valence-corrected chi connectivity index (χ1v) is 13.2. The van der Waals surface area contributed by atoms with Gasteiger partial charge in [-0.05, 0) is 29.3 Å². The topological polar surface area (TPSA) is 85.9 Å². The molecule has 0 aliphatic heterocycles. The van der Waals surface area contributed by atoms with E-state index in [4.69, 9.17) is 9.52 Å². The molecule has 0 radical (unpaired) electrons. The number of nitro benzene ring substituents is 1. The summed E-state index contributed by atoms with van der Waals surface area (Å²) >= 11 is 1.34. The normalized spacial score (nSPS) is 12.1. The Balaban J connectivity index is 1.53. The third-order valence-corrected chi connectivity index (χ3v) is 7.12. The molecule has 2 aromatic heterocycles. The van der Waals surface area contributed by atoms with E-state index in [-0.39, 0.29) is 17.3 Å². The molecule has 7 nitrogen and oxygen atoms in total. The summed E-state index contributed by atoms with van der Waals surface area (Å²) in [7, 11) is 0. The van der Waals surface area contributed by atoms with Gasteiger partial charge in [-0.2, -0.15) is 5.10 Å². The largest absolute Gasteiger partial charge is 0.454 e. The van der Waals surface area contributed by atoms with Gasteiger partial charge in [0.1, 0.15) is 17.0 Å². The van der Waals surface area contributed by atoms with Crippen molar-refractivity contribution in [2.24, 2.45) is 10.1 Å². The zero-order valence-corrected chi connectivity index (χ0v) is 21.4. The molecule has 0 unspecified atom stereocenters. The number of hydrogen-bond donors (Lipinski definition) is 0. The first-order chi connectivity index (χ1) is 19.2. The molecule has 0 fully saturated rings. The number of nitro groups is 1. The molecule has 0 saturated heterocycles. The van der Waals surface area contributed by atoms with Crippen LogP contribution in [0.2, 0.25) is 0 Å². The molecule has 0 aliphatic carbocycles. The average molecular weight is 531 g/mol. The fourth-order valence-electron chi connectivity index (χ4n) is 4.40. The molecule has 0 atom stereocenters. The van der Waals surface area contributed by atoms with Gasteiger partial charge in [0, 0.05) is 29.0 Å². The van der Waals surface area contributed by atoms with Gasteiger partial charge in [0.25, 0.3) is 5.69 Å². The monoisotopic (exact) mass is 530 g/mol. The predicted octanol–water partition coefficient (Wildman–Crippen LogP) is 7.77. The highest BCUT2D eigenvalue weighted by Crippen LogP contribution is 2.30. The van der Waals surface area contributed by atoms with Crippen LogP contribution in [0.3, 0.4) is 0 Å². The van der Waals surface area contributed by atoms with Crippen LogP contribution in [0.5, 0.6) is 0 Å². The Hall–Kier alpha value is -5.08. The van der Waals surface area contributed by atoms with Gasteiger partial charge in [-0.25, -0.2) is 9.67 Å². The third-order valence-electron chi connectivity index (χ3n) is 6.31. The van der Waals surface area contributed by atoms with Gasteiger partial charge in [-0.3, -0.25) is 10.1 Å². The summed E-state index contributed by atoms with van der Waals surface area (Å²) in [5.74, 6) is 0.506. The lowest BCUT2D eigenvalue weighted by molar-refractivity contribution is -0.384. The molecule has 2 heterocycles. The molecule has 0 bridgehead atoms. The van der Waals surface area contributed by atoms with E-state index in [1.807, 2.05) is 78.3 Å². The van der Waals surface area contributed by atoms with Crippen molar-refractivity contribution >= 4 is 39.9 Å². The Labute approximate surface area is 227 Å². The van der Waals surface area contributed by atoms with Crippen LogP contribution in [0.1, 0.15) is 17.0 Å². The zero-order valence-electron chi connectivity index (χ0n) is 20.6. The summed E-state index contributed by atoms with van der Waals surface area (Å²) in [5.41, 5.74) is 3.82. The molecule has 6 rings (SSSR count). The maximum atomic E-state index is 11.6. The van der Waals surface area contributed by atoms with E-state index in [1.54, 1.807) is 22.9 Å². The molecular weight excluding hydrogens is 508 g/mol. The quantitative estimate of drug-likeness (QED) is 0.120. The zero-order chi connectivity index (χ0) is 26.6. The molecule has 6 aromatic rings. The minimum atomic E-state index is -0.430. The first kappa shape index (κ1) is 24.3. The molecule has 39 heavy (non-hydrogen) atoms. The Morgan fingerprint density at radius 2 is 1.49 bits per heavy atom. The summed E-state index contributed by atoms with van der Waals surface area (Å²) in [6.45, 7) is 0. The summed E-state index contributed by atoms with van der Waals surface area (Å²) in [6, 6.07) is 36.5. The Bertz CT molecular complexity index is 1780. The number of furan rings is 1. The number of aromatic nitrogens is 1. The van der Waals surface area contributed by atoms with Crippen LogP contribution in [-0.4, -0.2) is 15.8 Å². The lowest BCUT2D eigenvalue weighted by atomic mass is 9.92. The van der Waals surface area contributed by atoms with Crippen molar-refractivity contribution in [3.8, 4) is 11.5 Å². The second-order valence-electron chi connectivity index (χ2n) is 8.79. The van der Waals surface area contributed by atoms with E-state index < -0.39 is 4.92 Å². The minimum Gasteiger partial charge on any atom is -0.454 e. The Morgan fingerprint density at radius 1 is 0.846 bits per heavy atom. The molecule has 0 spiro atoms. The smallest absolute Gasteiger partial charge is 0.294 e. The third kappa shape index (κ3) is 5.05. The number of thiazole rings is 1. The second-order valence-corrected chi connectivity index (χ2v) is 9.62. The Kier molecular flexibility index (Phi) is 6.67. The van der Waals surface area contributed by atoms with Gasteiger partial charge in [-0.1, -0.05) is 91.0 Å². The van der Waals surface area contributed by atoms with Gasteiger partial charge in [0.15, 0.2) is 5.76 Å². The number of nitrogens with zero attached hydrogens (tertiary/aromatic N) is 4. The van der Waals surface area contributed by atoms with Crippen LogP contribution < -0.4 is 4.80 Å². The fraction of sp³-hybridized carbons (Fsp3) is 0.0323. The van der Waals surface area contributed by atoms with E-state index in [1.165, 1.54) is 17.4 Å². The number of fused-ring (bicyclic) bond motifs is 1. The lowest BCUT2D eigenvalue weighted by Gasteiger charge is -2.13. The van der Waals surface area contributed by atoms with E-state index in [0.717, 1.165) is 22.1 Å². The lowest BCUT2D eigenvalue weighted by Crippen LogP contribution is -2.13. The molecule has 0 saturated carbocycles. The summed E-state index contributed by atoms with van der Waals surface area (Å²) in [4.78, 5) is 16.4.